The number of carbonyl (C=O) groups is 2. The summed E-state index contributed by atoms with van der Waals surface area (Å²) < 4.78 is 10.3. The van der Waals surface area contributed by atoms with Crippen molar-refractivity contribution in [1.82, 2.24) is 0 Å². The standard InChI is InChI=1S/C18H30O4/c1-4-7-8-9-10-15-21-17(19)13-11-14-18(20)22-16(6-3)12-5-2/h16H,4,6-11,13-15H2,1-3H3. The molecule has 4 heteroatoms. The van der Waals surface area contributed by atoms with E-state index in [2.05, 4.69) is 18.8 Å². The van der Waals surface area contributed by atoms with Gasteiger partial charge in [0.25, 0.3) is 0 Å². The molecule has 1 atom stereocenters. The Morgan fingerprint density at radius 2 is 1.64 bits per heavy atom. The smallest absolute Gasteiger partial charge is 0.307 e. The Morgan fingerprint density at radius 1 is 0.955 bits per heavy atom. The van der Waals surface area contributed by atoms with Crippen LogP contribution in [0.2, 0.25) is 0 Å². The van der Waals surface area contributed by atoms with Crippen molar-refractivity contribution in [3.63, 3.8) is 0 Å². The van der Waals surface area contributed by atoms with Crippen LogP contribution in [0.4, 0.5) is 0 Å². The minimum atomic E-state index is -0.340. The van der Waals surface area contributed by atoms with Gasteiger partial charge in [-0.25, -0.2) is 0 Å². The molecular weight excluding hydrogens is 280 g/mol. The van der Waals surface area contributed by atoms with Crippen LogP contribution in [-0.2, 0) is 19.1 Å². The van der Waals surface area contributed by atoms with Gasteiger partial charge >= 0.3 is 11.9 Å². The van der Waals surface area contributed by atoms with Crippen molar-refractivity contribution in [2.24, 2.45) is 0 Å². The predicted octanol–water partition coefficient (Wildman–Crippen LogP) is 4.02. The lowest BCUT2D eigenvalue weighted by molar-refractivity contribution is -0.147. The van der Waals surface area contributed by atoms with E-state index in [1.165, 1.54) is 19.3 Å². The molecule has 0 aromatic rings. The number of hydrogen-bond donors (Lipinski definition) is 0. The van der Waals surface area contributed by atoms with Crippen molar-refractivity contribution in [3.05, 3.63) is 0 Å². The fraction of sp³-hybridized carbons (Fsp3) is 0.778. The monoisotopic (exact) mass is 310 g/mol. The molecule has 0 radical (unpaired) electrons. The Morgan fingerprint density at radius 3 is 2.27 bits per heavy atom. The average molecular weight is 310 g/mol. The molecule has 0 heterocycles. The minimum absolute atomic E-state index is 0.230. The zero-order chi connectivity index (χ0) is 16.6. The molecule has 0 aliphatic heterocycles. The highest BCUT2D eigenvalue weighted by Crippen LogP contribution is 2.06. The first-order chi connectivity index (χ1) is 10.6. The Bertz CT molecular complexity index is 365. The third kappa shape index (κ3) is 12.3. The third-order valence-electron chi connectivity index (χ3n) is 3.22. The Balaban J connectivity index is 3.61. The van der Waals surface area contributed by atoms with Crippen LogP contribution in [0.1, 0.15) is 78.6 Å². The molecule has 0 spiro atoms. The SMILES string of the molecule is CC#CC(CC)OC(=O)CCCC(=O)OCCCCCCC. The molecule has 1 unspecified atom stereocenters. The molecule has 0 saturated heterocycles. The van der Waals surface area contributed by atoms with Crippen LogP contribution in [0.15, 0.2) is 0 Å². The number of hydrogen-bond acceptors (Lipinski definition) is 4. The van der Waals surface area contributed by atoms with Crippen molar-refractivity contribution < 1.29 is 19.1 Å². The summed E-state index contributed by atoms with van der Waals surface area (Å²) in [6, 6.07) is 0. The maximum atomic E-state index is 11.6. The van der Waals surface area contributed by atoms with Gasteiger partial charge in [0.05, 0.1) is 6.61 Å². The van der Waals surface area contributed by atoms with E-state index in [9.17, 15) is 9.59 Å². The van der Waals surface area contributed by atoms with Gasteiger partial charge in [-0.15, -0.1) is 5.92 Å². The van der Waals surface area contributed by atoms with Crippen molar-refractivity contribution in [2.75, 3.05) is 6.61 Å². The highest BCUT2D eigenvalue weighted by atomic mass is 16.5. The van der Waals surface area contributed by atoms with Crippen LogP contribution in [0.25, 0.3) is 0 Å². The van der Waals surface area contributed by atoms with Gasteiger partial charge in [0.2, 0.25) is 0 Å². The Kier molecular flexibility index (Phi) is 13.5. The zero-order valence-electron chi connectivity index (χ0n) is 14.3. The molecule has 0 rings (SSSR count). The molecule has 0 amide bonds. The summed E-state index contributed by atoms with van der Waals surface area (Å²) in [5, 5.41) is 0. The molecule has 0 aliphatic carbocycles. The van der Waals surface area contributed by atoms with Crippen molar-refractivity contribution in [2.45, 2.75) is 84.7 Å². The fourth-order valence-electron chi connectivity index (χ4n) is 1.93. The van der Waals surface area contributed by atoms with E-state index >= 15 is 0 Å². The summed E-state index contributed by atoms with van der Waals surface area (Å²) in [7, 11) is 0. The summed E-state index contributed by atoms with van der Waals surface area (Å²) in [6.07, 6.45) is 6.94. The highest BCUT2D eigenvalue weighted by Gasteiger charge is 2.11. The van der Waals surface area contributed by atoms with Crippen molar-refractivity contribution in [1.29, 1.82) is 0 Å². The van der Waals surface area contributed by atoms with Gasteiger partial charge in [-0.05, 0) is 26.2 Å². The van der Waals surface area contributed by atoms with E-state index in [1.54, 1.807) is 6.92 Å². The lowest BCUT2D eigenvalue weighted by Gasteiger charge is -2.10. The second-order valence-corrected chi connectivity index (χ2v) is 5.27. The van der Waals surface area contributed by atoms with Crippen LogP contribution in [0.3, 0.4) is 0 Å². The van der Waals surface area contributed by atoms with E-state index < -0.39 is 0 Å². The molecule has 0 aliphatic rings. The number of carbonyl (C=O) groups excluding carboxylic acids is 2. The molecule has 0 saturated carbocycles. The summed E-state index contributed by atoms with van der Waals surface area (Å²) in [5.41, 5.74) is 0. The van der Waals surface area contributed by atoms with E-state index in [0.29, 0.717) is 19.4 Å². The highest BCUT2D eigenvalue weighted by molar-refractivity contribution is 5.72. The third-order valence-corrected chi connectivity index (χ3v) is 3.22. The lowest BCUT2D eigenvalue weighted by atomic mass is 10.2. The van der Waals surface area contributed by atoms with E-state index in [4.69, 9.17) is 9.47 Å². The summed E-state index contributed by atoms with van der Waals surface area (Å²) >= 11 is 0. The molecule has 0 aromatic heterocycles. The quantitative estimate of drug-likeness (QED) is 0.310. The first-order valence-electron chi connectivity index (χ1n) is 8.41. The molecule has 0 bridgehead atoms. The van der Waals surface area contributed by atoms with Gasteiger partial charge in [-0.3, -0.25) is 9.59 Å². The van der Waals surface area contributed by atoms with Gasteiger partial charge < -0.3 is 9.47 Å². The normalized spacial score (nSPS) is 11.2. The molecule has 22 heavy (non-hydrogen) atoms. The lowest BCUT2D eigenvalue weighted by Crippen LogP contribution is -2.16. The first-order valence-corrected chi connectivity index (χ1v) is 8.41. The van der Waals surface area contributed by atoms with Crippen LogP contribution in [0.5, 0.6) is 0 Å². The molecule has 126 valence electrons. The number of ether oxygens (including phenoxy) is 2. The maximum Gasteiger partial charge on any atom is 0.307 e. The molecule has 0 aromatic carbocycles. The number of rotatable bonds is 12. The topological polar surface area (TPSA) is 52.6 Å². The van der Waals surface area contributed by atoms with Gasteiger partial charge in [0, 0.05) is 12.8 Å². The van der Waals surface area contributed by atoms with E-state index in [0.717, 1.165) is 12.8 Å². The zero-order valence-corrected chi connectivity index (χ0v) is 14.3. The Labute approximate surface area is 134 Å². The van der Waals surface area contributed by atoms with Crippen molar-refractivity contribution >= 4 is 11.9 Å². The number of esters is 2. The van der Waals surface area contributed by atoms with Crippen LogP contribution >= 0.6 is 0 Å². The fourth-order valence-corrected chi connectivity index (χ4v) is 1.93. The summed E-state index contributed by atoms with van der Waals surface area (Å²) in [4.78, 5) is 23.1. The van der Waals surface area contributed by atoms with Gasteiger partial charge in [-0.2, -0.15) is 0 Å². The van der Waals surface area contributed by atoms with Gasteiger partial charge in [0.1, 0.15) is 0 Å². The summed E-state index contributed by atoms with van der Waals surface area (Å²) in [6.45, 7) is 6.29. The molecule has 0 N–H and O–H groups in total. The summed E-state index contributed by atoms with van der Waals surface area (Å²) in [5.74, 6) is 5.03. The van der Waals surface area contributed by atoms with Crippen molar-refractivity contribution in [3.8, 4) is 11.8 Å². The van der Waals surface area contributed by atoms with Gasteiger partial charge in [-0.1, -0.05) is 45.5 Å². The van der Waals surface area contributed by atoms with E-state index in [-0.39, 0.29) is 30.9 Å². The predicted molar refractivity (Wildman–Crippen MR) is 87.2 cm³/mol. The van der Waals surface area contributed by atoms with Crippen LogP contribution in [-0.4, -0.2) is 24.6 Å². The Hall–Kier alpha value is -1.50. The minimum Gasteiger partial charge on any atom is -0.466 e. The van der Waals surface area contributed by atoms with Crippen LogP contribution in [0, 0.1) is 11.8 Å². The average Bonchev–Trinajstić information content (AvgIpc) is 2.50. The second-order valence-electron chi connectivity index (χ2n) is 5.27. The maximum absolute atomic E-state index is 11.6. The van der Waals surface area contributed by atoms with Gasteiger partial charge in [0.15, 0.2) is 6.10 Å². The first kappa shape index (κ1) is 20.5. The van der Waals surface area contributed by atoms with E-state index in [1.807, 2.05) is 6.92 Å². The molecular formula is C18H30O4. The largest absolute Gasteiger partial charge is 0.466 e. The van der Waals surface area contributed by atoms with Crippen LogP contribution < -0.4 is 0 Å². The number of unbranched alkanes of at least 4 members (excludes halogenated alkanes) is 4. The second kappa shape index (κ2) is 14.4. The molecule has 0 fully saturated rings. The molecule has 4 nitrogen and oxygen atoms in total.